The van der Waals surface area contributed by atoms with Gasteiger partial charge >= 0.3 is 0 Å². The van der Waals surface area contributed by atoms with Crippen molar-refractivity contribution in [2.75, 3.05) is 25.1 Å². The van der Waals surface area contributed by atoms with E-state index in [0.29, 0.717) is 22.9 Å². The molecule has 3 aromatic rings. The fraction of sp³-hybridized carbons (Fsp3) is 0.412. The van der Waals surface area contributed by atoms with E-state index < -0.39 is 0 Å². The van der Waals surface area contributed by atoms with Crippen molar-refractivity contribution in [3.63, 3.8) is 0 Å². The zero-order valence-electron chi connectivity index (χ0n) is 14.5. The van der Waals surface area contributed by atoms with Crippen LogP contribution in [-0.2, 0) is 4.74 Å². The molecule has 8 heteroatoms. The molecular weight excluding hydrogens is 320 g/mol. The van der Waals surface area contributed by atoms with E-state index in [4.69, 9.17) is 14.6 Å². The zero-order valence-corrected chi connectivity index (χ0v) is 14.5. The van der Waals surface area contributed by atoms with Gasteiger partial charge < -0.3 is 14.4 Å². The third kappa shape index (κ3) is 3.00. The molecule has 0 aliphatic carbocycles. The van der Waals surface area contributed by atoms with Gasteiger partial charge in [0.05, 0.1) is 19.3 Å². The Morgan fingerprint density at radius 2 is 1.92 bits per heavy atom. The number of anilines is 1. The van der Waals surface area contributed by atoms with E-state index in [0.717, 1.165) is 18.9 Å². The lowest BCUT2D eigenvalue weighted by Crippen LogP contribution is -2.46. The highest BCUT2D eigenvalue weighted by molar-refractivity contribution is 5.57. The minimum absolute atomic E-state index is 0.168. The summed E-state index contributed by atoms with van der Waals surface area (Å²) < 4.78 is 12.8. The van der Waals surface area contributed by atoms with Crippen LogP contribution in [0.1, 0.15) is 13.8 Å². The van der Waals surface area contributed by atoms with E-state index >= 15 is 0 Å². The van der Waals surface area contributed by atoms with Crippen LogP contribution < -0.4 is 9.64 Å². The van der Waals surface area contributed by atoms with E-state index in [1.165, 1.54) is 0 Å². The summed E-state index contributed by atoms with van der Waals surface area (Å²) in [5.74, 6) is 2.18. The Kier molecular flexibility index (Phi) is 3.96. The van der Waals surface area contributed by atoms with Crippen molar-refractivity contribution in [2.45, 2.75) is 26.1 Å². The number of morpholine rings is 1. The fourth-order valence-corrected chi connectivity index (χ4v) is 3.13. The van der Waals surface area contributed by atoms with E-state index in [-0.39, 0.29) is 12.2 Å². The molecule has 0 spiro atoms. The van der Waals surface area contributed by atoms with Gasteiger partial charge in [-0.3, -0.25) is 4.98 Å². The summed E-state index contributed by atoms with van der Waals surface area (Å²) in [4.78, 5) is 6.59. The van der Waals surface area contributed by atoms with Crippen LogP contribution in [0.25, 0.3) is 17.2 Å². The predicted molar refractivity (Wildman–Crippen MR) is 92.8 cm³/mol. The van der Waals surface area contributed by atoms with Gasteiger partial charge in [-0.2, -0.15) is 4.52 Å². The third-order valence-electron chi connectivity index (χ3n) is 4.19. The molecule has 8 nitrogen and oxygen atoms in total. The summed E-state index contributed by atoms with van der Waals surface area (Å²) in [6.07, 6.45) is 2.02. The molecule has 2 atom stereocenters. The normalized spacial score (nSPS) is 20.8. The molecule has 1 saturated heterocycles. The first-order chi connectivity index (χ1) is 12.1. The number of ether oxygens (including phenoxy) is 2. The molecule has 130 valence electrons. The molecule has 1 aliphatic rings. The van der Waals surface area contributed by atoms with Crippen LogP contribution in [0.4, 0.5) is 5.82 Å². The number of methoxy groups -OCH3 is 1. The van der Waals surface area contributed by atoms with Gasteiger partial charge in [0.1, 0.15) is 17.3 Å². The van der Waals surface area contributed by atoms with Crippen LogP contribution in [0, 0.1) is 0 Å². The maximum atomic E-state index is 5.80. The fourth-order valence-electron chi connectivity index (χ4n) is 3.13. The lowest BCUT2D eigenvalue weighted by molar-refractivity contribution is -0.00551. The first-order valence-electron chi connectivity index (χ1n) is 8.27. The van der Waals surface area contributed by atoms with Gasteiger partial charge in [-0.05, 0) is 32.0 Å². The third-order valence-corrected chi connectivity index (χ3v) is 4.19. The van der Waals surface area contributed by atoms with Gasteiger partial charge in [0.25, 0.3) is 0 Å². The molecule has 0 amide bonds. The van der Waals surface area contributed by atoms with E-state index in [9.17, 15) is 0 Å². The van der Waals surface area contributed by atoms with Crippen molar-refractivity contribution in [1.29, 1.82) is 0 Å². The standard InChI is InChI=1S/C17H20N6O2/c1-11-9-22(10-12(2)25-11)16-5-4-15-19-20-17(23(15)21-16)14-8-13(24-3)6-7-18-14/h4-8,11-12H,9-10H2,1-3H3/t11-,12+. The monoisotopic (exact) mass is 340 g/mol. The summed E-state index contributed by atoms with van der Waals surface area (Å²) in [6, 6.07) is 7.51. The molecule has 1 aliphatic heterocycles. The van der Waals surface area contributed by atoms with Crippen molar-refractivity contribution in [2.24, 2.45) is 0 Å². The molecular formula is C17H20N6O2. The van der Waals surface area contributed by atoms with Gasteiger partial charge in [-0.25, -0.2) is 0 Å². The van der Waals surface area contributed by atoms with Crippen LogP contribution in [-0.4, -0.2) is 57.2 Å². The average Bonchev–Trinajstić information content (AvgIpc) is 3.04. The van der Waals surface area contributed by atoms with Gasteiger partial charge in [0, 0.05) is 25.4 Å². The molecule has 0 N–H and O–H groups in total. The molecule has 3 aromatic heterocycles. The number of fused-ring (bicyclic) bond motifs is 1. The highest BCUT2D eigenvalue weighted by atomic mass is 16.5. The lowest BCUT2D eigenvalue weighted by Gasteiger charge is -2.35. The largest absolute Gasteiger partial charge is 0.497 e. The van der Waals surface area contributed by atoms with Crippen molar-refractivity contribution in [1.82, 2.24) is 24.8 Å². The van der Waals surface area contributed by atoms with E-state index in [1.807, 2.05) is 18.2 Å². The topological polar surface area (TPSA) is 77.7 Å². The molecule has 4 heterocycles. The molecule has 0 bridgehead atoms. The van der Waals surface area contributed by atoms with Crippen molar-refractivity contribution in [3.05, 3.63) is 30.5 Å². The number of hydrogen-bond acceptors (Lipinski definition) is 7. The number of pyridine rings is 1. The Balaban J connectivity index is 1.75. The Morgan fingerprint density at radius 3 is 2.68 bits per heavy atom. The second-order valence-electron chi connectivity index (χ2n) is 6.23. The van der Waals surface area contributed by atoms with Crippen LogP contribution in [0.15, 0.2) is 30.5 Å². The van der Waals surface area contributed by atoms with E-state index in [2.05, 4.69) is 33.9 Å². The molecule has 25 heavy (non-hydrogen) atoms. The van der Waals surface area contributed by atoms with Gasteiger partial charge in [-0.15, -0.1) is 15.3 Å². The summed E-state index contributed by atoms with van der Waals surface area (Å²) in [6.45, 7) is 5.76. The first kappa shape index (κ1) is 15.8. The number of hydrogen-bond donors (Lipinski definition) is 0. The Bertz CT molecular complexity index is 886. The van der Waals surface area contributed by atoms with Gasteiger partial charge in [0.15, 0.2) is 5.65 Å². The molecule has 4 rings (SSSR count). The maximum absolute atomic E-state index is 5.80. The van der Waals surface area contributed by atoms with Crippen LogP contribution in [0.2, 0.25) is 0 Å². The van der Waals surface area contributed by atoms with E-state index in [1.54, 1.807) is 23.9 Å². The second kappa shape index (κ2) is 6.29. The van der Waals surface area contributed by atoms with Gasteiger partial charge in [0.2, 0.25) is 5.82 Å². The molecule has 0 unspecified atom stereocenters. The summed E-state index contributed by atoms with van der Waals surface area (Å²) >= 11 is 0. The predicted octanol–water partition coefficient (Wildman–Crippen LogP) is 1.81. The van der Waals surface area contributed by atoms with Crippen molar-refractivity contribution in [3.8, 4) is 17.3 Å². The molecule has 1 fully saturated rings. The van der Waals surface area contributed by atoms with Crippen molar-refractivity contribution < 1.29 is 9.47 Å². The number of nitrogens with zero attached hydrogens (tertiary/aromatic N) is 6. The quantitative estimate of drug-likeness (QED) is 0.719. The summed E-state index contributed by atoms with van der Waals surface area (Å²) in [5, 5.41) is 13.2. The molecule has 0 aromatic carbocycles. The number of rotatable bonds is 3. The van der Waals surface area contributed by atoms with Crippen LogP contribution in [0.5, 0.6) is 5.75 Å². The Hall–Kier alpha value is -2.74. The Labute approximate surface area is 145 Å². The zero-order chi connectivity index (χ0) is 17.4. The summed E-state index contributed by atoms with van der Waals surface area (Å²) in [7, 11) is 1.62. The van der Waals surface area contributed by atoms with Gasteiger partial charge in [-0.1, -0.05) is 0 Å². The Morgan fingerprint density at radius 1 is 1.12 bits per heavy atom. The maximum Gasteiger partial charge on any atom is 0.203 e. The smallest absolute Gasteiger partial charge is 0.203 e. The minimum atomic E-state index is 0.168. The van der Waals surface area contributed by atoms with Crippen molar-refractivity contribution >= 4 is 11.5 Å². The highest BCUT2D eigenvalue weighted by Gasteiger charge is 2.24. The molecule has 0 saturated carbocycles. The van der Waals surface area contributed by atoms with Crippen LogP contribution >= 0.6 is 0 Å². The second-order valence-corrected chi connectivity index (χ2v) is 6.23. The molecule has 0 radical (unpaired) electrons. The minimum Gasteiger partial charge on any atom is -0.497 e. The average molecular weight is 340 g/mol. The first-order valence-corrected chi connectivity index (χ1v) is 8.27. The van der Waals surface area contributed by atoms with Crippen LogP contribution in [0.3, 0.4) is 0 Å². The SMILES string of the molecule is COc1ccnc(-c2nnc3ccc(N4C[C@@H](C)O[C@@H](C)C4)nn23)c1. The lowest BCUT2D eigenvalue weighted by atomic mass is 10.2. The highest BCUT2D eigenvalue weighted by Crippen LogP contribution is 2.22. The number of aromatic nitrogens is 5. The summed E-state index contributed by atoms with van der Waals surface area (Å²) in [5.41, 5.74) is 1.35.